The number of likely N-dealkylation sites (tertiary alicyclic amines) is 1. The molecule has 0 unspecified atom stereocenters. The molecule has 0 radical (unpaired) electrons. The van der Waals surface area contributed by atoms with Crippen molar-refractivity contribution in [1.29, 1.82) is 0 Å². The molecule has 6 heteroatoms. The van der Waals surface area contributed by atoms with E-state index in [1.165, 1.54) is 0 Å². The first kappa shape index (κ1) is 13.2. The fourth-order valence-electron chi connectivity index (χ4n) is 2.87. The normalized spacial score (nSPS) is 16.8. The number of hydrogen-bond acceptors (Lipinski definition) is 4. The first-order valence-corrected chi connectivity index (χ1v) is 7.56. The lowest BCUT2D eigenvalue weighted by Gasteiger charge is -2.18. The van der Waals surface area contributed by atoms with Gasteiger partial charge in [0.15, 0.2) is 11.5 Å². The predicted molar refractivity (Wildman–Crippen MR) is 80.2 cm³/mol. The van der Waals surface area contributed by atoms with Gasteiger partial charge in [-0.05, 0) is 37.1 Å². The molecular formula is C16H17N3O3. The second-order valence-electron chi connectivity index (χ2n) is 5.52. The van der Waals surface area contributed by atoms with E-state index in [-0.39, 0.29) is 5.91 Å². The standard InChI is InChI=1S/C16H17N3O3/c20-16(19-5-1-2-6-19)13-10-12(17-18-13)11-3-4-14-15(9-11)22-8-7-21-14/h3-4,9-10H,1-2,5-8H2,(H,17,18). The molecular weight excluding hydrogens is 282 g/mol. The van der Waals surface area contributed by atoms with Crippen LogP contribution in [0.3, 0.4) is 0 Å². The van der Waals surface area contributed by atoms with Crippen LogP contribution in [0.1, 0.15) is 23.3 Å². The Kier molecular flexibility index (Phi) is 3.21. The van der Waals surface area contributed by atoms with Crippen LogP contribution in [0, 0.1) is 0 Å². The molecule has 1 fully saturated rings. The van der Waals surface area contributed by atoms with E-state index < -0.39 is 0 Å². The molecule has 1 saturated heterocycles. The van der Waals surface area contributed by atoms with Gasteiger partial charge in [0.2, 0.25) is 0 Å². The average Bonchev–Trinajstić information content (AvgIpc) is 3.25. The highest BCUT2D eigenvalue weighted by Gasteiger charge is 2.22. The van der Waals surface area contributed by atoms with Crippen LogP contribution in [0.4, 0.5) is 0 Å². The number of amides is 1. The fraction of sp³-hybridized carbons (Fsp3) is 0.375. The number of ether oxygens (including phenoxy) is 2. The zero-order valence-electron chi connectivity index (χ0n) is 12.2. The Morgan fingerprint density at radius 3 is 2.68 bits per heavy atom. The third-order valence-electron chi connectivity index (χ3n) is 4.04. The molecule has 0 bridgehead atoms. The molecule has 0 saturated carbocycles. The molecule has 0 atom stereocenters. The third-order valence-corrected chi connectivity index (χ3v) is 4.04. The van der Waals surface area contributed by atoms with Crippen LogP contribution in [-0.4, -0.2) is 47.3 Å². The summed E-state index contributed by atoms with van der Waals surface area (Å²) in [4.78, 5) is 14.2. The summed E-state index contributed by atoms with van der Waals surface area (Å²) in [7, 11) is 0. The lowest BCUT2D eigenvalue weighted by atomic mass is 10.1. The molecule has 114 valence electrons. The molecule has 2 aromatic rings. The number of aromatic amines is 1. The van der Waals surface area contributed by atoms with Gasteiger partial charge in [0.25, 0.3) is 5.91 Å². The van der Waals surface area contributed by atoms with Crippen molar-refractivity contribution in [2.45, 2.75) is 12.8 Å². The number of nitrogens with zero attached hydrogens (tertiary/aromatic N) is 2. The van der Waals surface area contributed by atoms with Gasteiger partial charge in [-0.2, -0.15) is 5.10 Å². The topological polar surface area (TPSA) is 67.5 Å². The van der Waals surface area contributed by atoms with Crippen molar-refractivity contribution in [2.75, 3.05) is 26.3 Å². The summed E-state index contributed by atoms with van der Waals surface area (Å²) in [6.45, 7) is 2.79. The highest BCUT2D eigenvalue weighted by Crippen LogP contribution is 2.34. The first-order chi connectivity index (χ1) is 10.8. The third kappa shape index (κ3) is 2.30. The fourth-order valence-corrected chi connectivity index (χ4v) is 2.87. The van der Waals surface area contributed by atoms with Gasteiger partial charge >= 0.3 is 0 Å². The van der Waals surface area contributed by atoms with E-state index >= 15 is 0 Å². The number of nitrogens with one attached hydrogen (secondary N) is 1. The number of aromatic nitrogens is 2. The minimum atomic E-state index is 0.0220. The Hall–Kier alpha value is -2.50. The summed E-state index contributed by atoms with van der Waals surface area (Å²) in [5, 5.41) is 7.11. The van der Waals surface area contributed by atoms with E-state index in [0.29, 0.717) is 18.9 Å². The molecule has 0 aliphatic carbocycles. The van der Waals surface area contributed by atoms with E-state index in [4.69, 9.17) is 9.47 Å². The van der Waals surface area contributed by atoms with Crippen LogP contribution < -0.4 is 9.47 Å². The van der Waals surface area contributed by atoms with E-state index in [9.17, 15) is 4.79 Å². The van der Waals surface area contributed by atoms with Crippen molar-refractivity contribution in [2.24, 2.45) is 0 Å². The molecule has 4 rings (SSSR count). The van der Waals surface area contributed by atoms with Gasteiger partial charge in [-0.15, -0.1) is 0 Å². The summed E-state index contributed by atoms with van der Waals surface area (Å²) < 4.78 is 11.1. The quantitative estimate of drug-likeness (QED) is 0.922. The Morgan fingerprint density at radius 2 is 1.86 bits per heavy atom. The highest BCUT2D eigenvalue weighted by atomic mass is 16.6. The zero-order valence-corrected chi connectivity index (χ0v) is 12.2. The monoisotopic (exact) mass is 299 g/mol. The minimum Gasteiger partial charge on any atom is -0.486 e. The molecule has 1 amide bonds. The van der Waals surface area contributed by atoms with Crippen LogP contribution in [0.15, 0.2) is 24.3 Å². The summed E-state index contributed by atoms with van der Waals surface area (Å²) >= 11 is 0. The van der Waals surface area contributed by atoms with Gasteiger partial charge in [-0.1, -0.05) is 0 Å². The van der Waals surface area contributed by atoms with Gasteiger partial charge in [-0.25, -0.2) is 0 Å². The van der Waals surface area contributed by atoms with Crippen molar-refractivity contribution in [3.05, 3.63) is 30.0 Å². The number of carbonyl (C=O) groups excluding carboxylic acids is 1. The van der Waals surface area contributed by atoms with Crippen molar-refractivity contribution >= 4 is 5.91 Å². The molecule has 1 aromatic carbocycles. The molecule has 1 aromatic heterocycles. The van der Waals surface area contributed by atoms with E-state index in [2.05, 4.69) is 10.2 Å². The van der Waals surface area contributed by atoms with Crippen molar-refractivity contribution in [3.63, 3.8) is 0 Å². The molecule has 0 spiro atoms. The van der Waals surface area contributed by atoms with Crippen molar-refractivity contribution in [1.82, 2.24) is 15.1 Å². The molecule has 2 aliphatic heterocycles. The van der Waals surface area contributed by atoms with Crippen LogP contribution in [0.25, 0.3) is 11.3 Å². The number of hydrogen-bond donors (Lipinski definition) is 1. The Bertz CT molecular complexity index is 704. The maximum Gasteiger partial charge on any atom is 0.271 e. The number of fused-ring (bicyclic) bond motifs is 1. The van der Waals surface area contributed by atoms with E-state index in [0.717, 1.165) is 48.7 Å². The summed E-state index contributed by atoms with van der Waals surface area (Å²) in [6.07, 6.45) is 2.16. The van der Waals surface area contributed by atoms with Crippen LogP contribution in [0.5, 0.6) is 11.5 Å². The van der Waals surface area contributed by atoms with Gasteiger partial charge in [0.05, 0.1) is 5.69 Å². The molecule has 1 N–H and O–H groups in total. The molecule has 3 heterocycles. The van der Waals surface area contributed by atoms with Crippen LogP contribution in [-0.2, 0) is 0 Å². The Labute approximate surface area is 128 Å². The molecule has 2 aliphatic rings. The summed E-state index contributed by atoms with van der Waals surface area (Å²) in [5.41, 5.74) is 2.17. The maximum atomic E-state index is 12.3. The maximum absolute atomic E-state index is 12.3. The smallest absolute Gasteiger partial charge is 0.271 e. The number of carbonyl (C=O) groups is 1. The van der Waals surface area contributed by atoms with Crippen LogP contribution in [0.2, 0.25) is 0 Å². The molecule has 22 heavy (non-hydrogen) atoms. The second kappa shape index (κ2) is 5.36. The van der Waals surface area contributed by atoms with Crippen molar-refractivity contribution < 1.29 is 14.3 Å². The van der Waals surface area contributed by atoms with Gasteiger partial charge in [0.1, 0.15) is 18.9 Å². The number of benzene rings is 1. The van der Waals surface area contributed by atoms with E-state index in [1.54, 1.807) is 6.07 Å². The van der Waals surface area contributed by atoms with Gasteiger partial charge in [-0.3, -0.25) is 9.89 Å². The Morgan fingerprint density at radius 1 is 1.09 bits per heavy atom. The summed E-state index contributed by atoms with van der Waals surface area (Å²) in [6, 6.07) is 7.50. The van der Waals surface area contributed by atoms with E-state index in [1.807, 2.05) is 23.1 Å². The highest BCUT2D eigenvalue weighted by molar-refractivity contribution is 5.93. The minimum absolute atomic E-state index is 0.0220. The second-order valence-corrected chi connectivity index (χ2v) is 5.52. The summed E-state index contributed by atoms with van der Waals surface area (Å²) in [5.74, 6) is 1.49. The molecule has 6 nitrogen and oxygen atoms in total. The van der Waals surface area contributed by atoms with Gasteiger partial charge in [0, 0.05) is 18.7 Å². The zero-order chi connectivity index (χ0) is 14.9. The Balaban J connectivity index is 1.59. The predicted octanol–water partition coefficient (Wildman–Crippen LogP) is 2.08. The van der Waals surface area contributed by atoms with Gasteiger partial charge < -0.3 is 14.4 Å². The van der Waals surface area contributed by atoms with Crippen molar-refractivity contribution in [3.8, 4) is 22.8 Å². The largest absolute Gasteiger partial charge is 0.486 e. The average molecular weight is 299 g/mol. The van der Waals surface area contributed by atoms with Crippen LogP contribution >= 0.6 is 0 Å². The lowest BCUT2D eigenvalue weighted by Crippen LogP contribution is -2.27. The number of H-pyrrole nitrogens is 1. The first-order valence-electron chi connectivity index (χ1n) is 7.56. The SMILES string of the molecule is O=C(c1cc(-c2ccc3c(c2)OCCO3)n[nH]1)N1CCCC1. The number of rotatable bonds is 2. The lowest BCUT2D eigenvalue weighted by molar-refractivity contribution is 0.0787.